The Bertz CT molecular complexity index is 425. The van der Waals surface area contributed by atoms with E-state index >= 15 is 0 Å². The molecule has 0 saturated carbocycles. The molecule has 1 aliphatic rings. The van der Waals surface area contributed by atoms with Crippen LogP contribution in [0.4, 0.5) is 5.69 Å². The van der Waals surface area contributed by atoms with Crippen molar-refractivity contribution in [3.05, 3.63) is 29.8 Å². The highest BCUT2D eigenvalue weighted by Gasteiger charge is 2.21. The highest BCUT2D eigenvalue weighted by Crippen LogP contribution is 2.22. The van der Waals surface area contributed by atoms with Crippen LogP contribution in [0.25, 0.3) is 0 Å². The van der Waals surface area contributed by atoms with E-state index in [1.54, 1.807) is 6.92 Å². The largest absolute Gasteiger partial charge is 0.378 e. The predicted molar refractivity (Wildman–Crippen MR) is 79.5 cm³/mol. The van der Waals surface area contributed by atoms with E-state index in [2.05, 4.69) is 43.3 Å². The normalized spacial score (nSPS) is 19.3. The molecule has 2 rings (SSSR count). The second-order valence-corrected chi connectivity index (χ2v) is 5.74. The minimum atomic E-state index is 0.215. The summed E-state index contributed by atoms with van der Waals surface area (Å²) >= 11 is 0. The molecule has 1 amide bonds. The van der Waals surface area contributed by atoms with Gasteiger partial charge in [0.1, 0.15) is 0 Å². The van der Waals surface area contributed by atoms with E-state index in [0.29, 0.717) is 5.92 Å². The summed E-state index contributed by atoms with van der Waals surface area (Å²) < 4.78 is 0. The van der Waals surface area contributed by atoms with Crippen molar-refractivity contribution in [3.8, 4) is 0 Å². The molecule has 1 unspecified atom stereocenters. The van der Waals surface area contributed by atoms with Crippen LogP contribution in [0.3, 0.4) is 0 Å². The fourth-order valence-electron chi connectivity index (χ4n) is 2.78. The molecule has 1 saturated heterocycles. The monoisotopic (exact) mass is 260 g/mol. The van der Waals surface area contributed by atoms with Crippen molar-refractivity contribution >= 4 is 11.6 Å². The van der Waals surface area contributed by atoms with E-state index in [1.807, 2.05) is 4.90 Å². The Morgan fingerprint density at radius 3 is 2.58 bits per heavy atom. The van der Waals surface area contributed by atoms with Crippen molar-refractivity contribution in [3.63, 3.8) is 0 Å². The highest BCUT2D eigenvalue weighted by molar-refractivity contribution is 5.73. The van der Waals surface area contributed by atoms with Gasteiger partial charge >= 0.3 is 0 Å². The zero-order chi connectivity index (χ0) is 13.8. The van der Waals surface area contributed by atoms with E-state index in [4.69, 9.17) is 0 Å². The van der Waals surface area contributed by atoms with Crippen molar-refractivity contribution < 1.29 is 4.79 Å². The van der Waals surface area contributed by atoms with Crippen LogP contribution in [0.5, 0.6) is 0 Å². The Morgan fingerprint density at radius 1 is 1.32 bits per heavy atom. The number of carbonyl (C=O) groups excluding carboxylic acids is 1. The number of hydrogen-bond donors (Lipinski definition) is 0. The molecule has 3 heteroatoms. The summed E-state index contributed by atoms with van der Waals surface area (Å²) in [5.74, 6) is 0.829. The van der Waals surface area contributed by atoms with E-state index in [-0.39, 0.29) is 5.91 Å². The first kappa shape index (κ1) is 13.9. The second kappa shape index (κ2) is 6.09. The maximum absolute atomic E-state index is 11.4. The van der Waals surface area contributed by atoms with Gasteiger partial charge in [-0.25, -0.2) is 0 Å². The Kier molecular flexibility index (Phi) is 4.46. The van der Waals surface area contributed by atoms with Gasteiger partial charge in [0.15, 0.2) is 0 Å². The average Bonchev–Trinajstić information content (AvgIpc) is 2.39. The number of likely N-dealkylation sites (tertiary alicyclic amines) is 1. The zero-order valence-corrected chi connectivity index (χ0v) is 12.2. The van der Waals surface area contributed by atoms with Gasteiger partial charge in [-0.05, 0) is 42.9 Å². The fourth-order valence-corrected chi connectivity index (χ4v) is 2.78. The summed E-state index contributed by atoms with van der Waals surface area (Å²) in [5.41, 5.74) is 2.61. The number of anilines is 1. The lowest BCUT2D eigenvalue weighted by molar-refractivity contribution is -0.130. The summed E-state index contributed by atoms with van der Waals surface area (Å²) in [7, 11) is 4.11. The van der Waals surface area contributed by atoms with Crippen LogP contribution in [0.2, 0.25) is 0 Å². The van der Waals surface area contributed by atoms with Gasteiger partial charge in [-0.1, -0.05) is 12.1 Å². The van der Waals surface area contributed by atoms with Gasteiger partial charge in [-0.2, -0.15) is 0 Å². The van der Waals surface area contributed by atoms with Crippen molar-refractivity contribution in [1.29, 1.82) is 0 Å². The fraction of sp³-hybridized carbons (Fsp3) is 0.562. The summed E-state index contributed by atoms with van der Waals surface area (Å²) in [4.78, 5) is 15.5. The first-order chi connectivity index (χ1) is 9.06. The van der Waals surface area contributed by atoms with Gasteiger partial charge in [0, 0.05) is 39.8 Å². The Labute approximate surface area is 116 Å². The molecule has 1 fully saturated rings. The van der Waals surface area contributed by atoms with Gasteiger partial charge < -0.3 is 9.80 Å². The van der Waals surface area contributed by atoms with Gasteiger partial charge in [0.25, 0.3) is 0 Å². The van der Waals surface area contributed by atoms with Gasteiger partial charge in [0.2, 0.25) is 5.91 Å². The van der Waals surface area contributed by atoms with Crippen LogP contribution in [-0.4, -0.2) is 38.0 Å². The first-order valence-electron chi connectivity index (χ1n) is 7.08. The maximum atomic E-state index is 11.4. The standard InChI is InChI=1S/C16H24N2O/c1-13(19)18-10-4-5-15(12-18)11-14-6-8-16(9-7-14)17(2)3/h6-9,15H,4-5,10-12H2,1-3H3. The summed E-state index contributed by atoms with van der Waals surface area (Å²) in [5, 5.41) is 0. The minimum absolute atomic E-state index is 0.215. The smallest absolute Gasteiger partial charge is 0.219 e. The summed E-state index contributed by atoms with van der Waals surface area (Å²) in [6.45, 7) is 3.53. The second-order valence-electron chi connectivity index (χ2n) is 5.74. The van der Waals surface area contributed by atoms with Crippen LogP contribution >= 0.6 is 0 Å². The van der Waals surface area contributed by atoms with Crippen LogP contribution in [0, 0.1) is 5.92 Å². The van der Waals surface area contributed by atoms with Crippen molar-refractivity contribution in [1.82, 2.24) is 4.90 Å². The van der Waals surface area contributed by atoms with E-state index < -0.39 is 0 Å². The molecule has 104 valence electrons. The molecule has 1 atom stereocenters. The number of rotatable bonds is 3. The minimum Gasteiger partial charge on any atom is -0.378 e. The first-order valence-corrected chi connectivity index (χ1v) is 7.08. The molecular formula is C16H24N2O. The lowest BCUT2D eigenvalue weighted by atomic mass is 9.91. The van der Waals surface area contributed by atoms with Crippen molar-refractivity contribution in [2.45, 2.75) is 26.2 Å². The van der Waals surface area contributed by atoms with E-state index in [0.717, 1.165) is 25.9 Å². The third kappa shape index (κ3) is 3.72. The van der Waals surface area contributed by atoms with Crippen molar-refractivity contribution in [2.24, 2.45) is 5.92 Å². The van der Waals surface area contributed by atoms with Crippen LogP contribution in [-0.2, 0) is 11.2 Å². The lowest BCUT2D eigenvalue weighted by Crippen LogP contribution is -2.39. The molecule has 1 aliphatic heterocycles. The molecule has 0 bridgehead atoms. The van der Waals surface area contributed by atoms with Gasteiger partial charge in [0.05, 0.1) is 0 Å². The molecule has 0 aliphatic carbocycles. The number of carbonyl (C=O) groups is 1. The molecule has 1 heterocycles. The number of amides is 1. The number of nitrogens with zero attached hydrogens (tertiary/aromatic N) is 2. The van der Waals surface area contributed by atoms with Gasteiger partial charge in [-0.15, -0.1) is 0 Å². The Hall–Kier alpha value is -1.51. The number of hydrogen-bond acceptors (Lipinski definition) is 2. The molecule has 1 aromatic carbocycles. The topological polar surface area (TPSA) is 23.6 Å². The van der Waals surface area contributed by atoms with Crippen LogP contribution < -0.4 is 4.90 Å². The van der Waals surface area contributed by atoms with Crippen LogP contribution in [0.15, 0.2) is 24.3 Å². The molecular weight excluding hydrogens is 236 g/mol. The van der Waals surface area contributed by atoms with Crippen LogP contribution in [0.1, 0.15) is 25.3 Å². The van der Waals surface area contributed by atoms with E-state index in [1.165, 1.54) is 17.7 Å². The SMILES string of the molecule is CC(=O)N1CCCC(Cc2ccc(N(C)C)cc2)C1. The quantitative estimate of drug-likeness (QED) is 0.834. The zero-order valence-electron chi connectivity index (χ0n) is 12.2. The van der Waals surface area contributed by atoms with E-state index in [9.17, 15) is 4.79 Å². The Balaban J connectivity index is 1.95. The number of piperidine rings is 1. The average molecular weight is 260 g/mol. The summed E-state index contributed by atoms with van der Waals surface area (Å²) in [6, 6.07) is 8.76. The van der Waals surface area contributed by atoms with Gasteiger partial charge in [-0.3, -0.25) is 4.79 Å². The molecule has 0 aromatic heterocycles. The molecule has 0 N–H and O–H groups in total. The highest BCUT2D eigenvalue weighted by atomic mass is 16.2. The molecule has 3 nitrogen and oxygen atoms in total. The number of benzene rings is 1. The maximum Gasteiger partial charge on any atom is 0.219 e. The van der Waals surface area contributed by atoms with Crippen molar-refractivity contribution in [2.75, 3.05) is 32.1 Å². The predicted octanol–water partition coefficient (Wildman–Crippen LogP) is 2.55. The molecule has 1 aromatic rings. The molecule has 0 radical (unpaired) electrons. The third-order valence-electron chi connectivity index (χ3n) is 3.94. The molecule has 19 heavy (non-hydrogen) atoms. The summed E-state index contributed by atoms with van der Waals surface area (Å²) in [6.07, 6.45) is 3.46. The molecule has 0 spiro atoms. The lowest BCUT2D eigenvalue weighted by Gasteiger charge is -2.32. The Morgan fingerprint density at radius 2 is 2.00 bits per heavy atom. The third-order valence-corrected chi connectivity index (χ3v) is 3.94.